The molecule has 1 atom stereocenters. The van der Waals surface area contributed by atoms with Crippen LogP contribution in [0.2, 0.25) is 5.02 Å². The van der Waals surface area contributed by atoms with Crippen molar-refractivity contribution in [1.82, 2.24) is 9.62 Å². The molecular weight excluding hydrogens is 416 g/mol. The molecule has 0 saturated carbocycles. The highest BCUT2D eigenvalue weighted by molar-refractivity contribution is 7.89. The first-order valence-corrected chi connectivity index (χ1v) is 10.9. The second kappa shape index (κ2) is 8.94. The summed E-state index contributed by atoms with van der Waals surface area (Å²) in [7, 11) is -3.02. The highest BCUT2D eigenvalue weighted by Crippen LogP contribution is 2.27. The highest BCUT2D eigenvalue weighted by Gasteiger charge is 2.32. The molecule has 7 nitrogen and oxygen atoms in total. The number of nitrogens with zero attached hydrogens (tertiary/aromatic N) is 1. The molecule has 1 aliphatic heterocycles. The van der Waals surface area contributed by atoms with Gasteiger partial charge in [-0.3, -0.25) is 4.79 Å². The molecule has 0 radical (unpaired) electrons. The van der Waals surface area contributed by atoms with Crippen LogP contribution in [0.3, 0.4) is 0 Å². The number of amides is 1. The standard InChI is InChI=1S/C20H21ClN2O5S/c1-28-20(25)15-9-10-16(21)17(13-15)29(26,27)22-18(14-7-3-2-4-8-14)19(24)23-11-5-6-12-23/h2-4,7-10,13,18,22H,5-6,11-12H2,1H3/t18-/m1/s1. The zero-order valence-electron chi connectivity index (χ0n) is 15.8. The van der Waals surface area contributed by atoms with Crippen molar-refractivity contribution in [1.29, 1.82) is 0 Å². The topological polar surface area (TPSA) is 92.8 Å². The quantitative estimate of drug-likeness (QED) is 0.703. The van der Waals surface area contributed by atoms with Gasteiger partial charge in [0.05, 0.1) is 17.7 Å². The van der Waals surface area contributed by atoms with Gasteiger partial charge >= 0.3 is 5.97 Å². The van der Waals surface area contributed by atoms with Crippen molar-refractivity contribution >= 4 is 33.5 Å². The number of rotatable bonds is 6. The van der Waals surface area contributed by atoms with E-state index < -0.39 is 22.0 Å². The van der Waals surface area contributed by atoms with Crippen LogP contribution in [0.1, 0.15) is 34.8 Å². The largest absolute Gasteiger partial charge is 0.465 e. The smallest absolute Gasteiger partial charge is 0.337 e. The van der Waals surface area contributed by atoms with E-state index in [0.717, 1.165) is 18.9 Å². The lowest BCUT2D eigenvalue weighted by Gasteiger charge is -2.24. The molecule has 0 aliphatic carbocycles. The third-order valence-corrected chi connectivity index (χ3v) is 6.62. The van der Waals surface area contributed by atoms with Gasteiger partial charge < -0.3 is 9.64 Å². The van der Waals surface area contributed by atoms with Gasteiger partial charge in [0, 0.05) is 13.1 Å². The molecule has 0 unspecified atom stereocenters. The SMILES string of the molecule is COC(=O)c1ccc(Cl)c(S(=O)(=O)N[C@@H](C(=O)N2CCCC2)c2ccccc2)c1. The fourth-order valence-electron chi connectivity index (χ4n) is 3.20. The Bertz CT molecular complexity index is 1000. The number of carbonyl (C=O) groups is 2. The van der Waals surface area contributed by atoms with E-state index in [1.807, 2.05) is 0 Å². The molecule has 3 rings (SSSR count). The predicted octanol–water partition coefficient (Wildman–Crippen LogP) is 2.77. The number of sulfonamides is 1. The van der Waals surface area contributed by atoms with Gasteiger partial charge in [-0.2, -0.15) is 4.72 Å². The summed E-state index contributed by atoms with van der Waals surface area (Å²) in [5.74, 6) is -1.01. The van der Waals surface area contributed by atoms with Crippen LogP contribution in [-0.4, -0.2) is 45.4 Å². The van der Waals surface area contributed by atoms with Crippen LogP contribution in [0.5, 0.6) is 0 Å². The molecule has 0 bridgehead atoms. The third-order valence-electron chi connectivity index (χ3n) is 4.71. The lowest BCUT2D eigenvalue weighted by atomic mass is 10.1. The van der Waals surface area contributed by atoms with E-state index in [9.17, 15) is 18.0 Å². The van der Waals surface area contributed by atoms with Gasteiger partial charge in [0.15, 0.2) is 0 Å². The minimum Gasteiger partial charge on any atom is -0.465 e. The van der Waals surface area contributed by atoms with Crippen molar-refractivity contribution in [2.75, 3.05) is 20.2 Å². The molecule has 154 valence electrons. The monoisotopic (exact) mass is 436 g/mol. The maximum atomic E-state index is 13.1. The van der Waals surface area contributed by atoms with Gasteiger partial charge in [-0.25, -0.2) is 13.2 Å². The van der Waals surface area contributed by atoms with Crippen LogP contribution in [0, 0.1) is 0 Å². The highest BCUT2D eigenvalue weighted by atomic mass is 35.5. The number of carbonyl (C=O) groups excluding carboxylic acids is 2. The summed E-state index contributed by atoms with van der Waals surface area (Å²) in [6.07, 6.45) is 1.76. The predicted molar refractivity (Wildman–Crippen MR) is 108 cm³/mol. The van der Waals surface area contributed by atoms with Gasteiger partial charge in [0.2, 0.25) is 15.9 Å². The summed E-state index contributed by atoms with van der Waals surface area (Å²) in [5.41, 5.74) is 0.563. The van der Waals surface area contributed by atoms with Crippen LogP contribution < -0.4 is 4.72 Å². The second-order valence-electron chi connectivity index (χ2n) is 6.63. The van der Waals surface area contributed by atoms with Gasteiger partial charge in [-0.15, -0.1) is 0 Å². The molecule has 1 saturated heterocycles. The van der Waals surface area contributed by atoms with E-state index >= 15 is 0 Å². The van der Waals surface area contributed by atoms with E-state index in [4.69, 9.17) is 11.6 Å². The van der Waals surface area contributed by atoms with Crippen LogP contribution >= 0.6 is 11.6 Å². The fraction of sp³-hybridized carbons (Fsp3) is 0.300. The molecule has 2 aromatic rings. The zero-order chi connectivity index (χ0) is 21.0. The van der Waals surface area contributed by atoms with Crippen LogP contribution in [0.4, 0.5) is 0 Å². The maximum Gasteiger partial charge on any atom is 0.337 e. The molecule has 1 fully saturated rings. The van der Waals surface area contributed by atoms with Gasteiger partial charge in [0.25, 0.3) is 0 Å². The Morgan fingerprint density at radius 1 is 1.10 bits per heavy atom. The first-order valence-electron chi connectivity index (χ1n) is 9.07. The summed E-state index contributed by atoms with van der Waals surface area (Å²) >= 11 is 6.10. The van der Waals surface area contributed by atoms with E-state index in [2.05, 4.69) is 9.46 Å². The fourth-order valence-corrected chi connectivity index (χ4v) is 4.90. The minimum absolute atomic E-state index is 0.0411. The van der Waals surface area contributed by atoms with Crippen molar-refractivity contribution in [3.8, 4) is 0 Å². The number of benzene rings is 2. The number of ether oxygens (including phenoxy) is 1. The van der Waals surface area contributed by atoms with Crippen molar-refractivity contribution in [2.24, 2.45) is 0 Å². The summed E-state index contributed by atoms with van der Waals surface area (Å²) < 4.78 is 33.3. The van der Waals surface area contributed by atoms with Gasteiger partial charge in [-0.05, 0) is 36.6 Å². The molecule has 29 heavy (non-hydrogen) atoms. The Kier molecular flexibility index (Phi) is 6.56. The Hall–Kier alpha value is -2.42. The first-order chi connectivity index (χ1) is 13.8. The van der Waals surface area contributed by atoms with E-state index in [1.165, 1.54) is 19.2 Å². The maximum absolute atomic E-state index is 13.1. The van der Waals surface area contributed by atoms with Gasteiger partial charge in [-0.1, -0.05) is 41.9 Å². The summed E-state index contributed by atoms with van der Waals surface area (Å²) in [5, 5.41) is -0.0643. The van der Waals surface area contributed by atoms with Crippen LogP contribution in [0.15, 0.2) is 53.4 Å². The molecule has 2 aromatic carbocycles. The Balaban J connectivity index is 1.98. The van der Waals surface area contributed by atoms with Crippen LogP contribution in [0.25, 0.3) is 0 Å². The van der Waals surface area contributed by atoms with Gasteiger partial charge in [0.1, 0.15) is 10.9 Å². The Morgan fingerprint density at radius 3 is 2.38 bits per heavy atom. The average molecular weight is 437 g/mol. The molecular formula is C20H21ClN2O5S. The number of hydrogen-bond acceptors (Lipinski definition) is 5. The zero-order valence-corrected chi connectivity index (χ0v) is 17.4. The van der Waals surface area contributed by atoms with Crippen molar-refractivity contribution < 1.29 is 22.7 Å². The number of methoxy groups -OCH3 is 1. The molecule has 9 heteroatoms. The molecule has 1 aliphatic rings. The normalized spacial score (nSPS) is 15.2. The summed E-state index contributed by atoms with van der Waals surface area (Å²) in [6, 6.07) is 11.3. The van der Waals surface area contributed by atoms with Crippen LogP contribution in [-0.2, 0) is 19.6 Å². The summed E-state index contributed by atoms with van der Waals surface area (Å²) in [4.78, 5) is 26.2. The number of nitrogens with one attached hydrogen (secondary N) is 1. The van der Waals surface area contributed by atoms with Crippen molar-refractivity contribution in [3.05, 3.63) is 64.7 Å². The van der Waals surface area contributed by atoms with Crippen molar-refractivity contribution in [3.63, 3.8) is 0 Å². The molecule has 1 amide bonds. The molecule has 1 heterocycles. The second-order valence-corrected chi connectivity index (χ2v) is 8.72. The molecule has 1 N–H and O–H groups in total. The first kappa shape index (κ1) is 21.3. The molecule has 0 spiro atoms. The number of halogens is 1. The lowest BCUT2D eigenvalue weighted by molar-refractivity contribution is -0.132. The van der Waals surface area contributed by atoms with E-state index in [0.29, 0.717) is 18.7 Å². The third kappa shape index (κ3) is 4.77. The number of esters is 1. The Morgan fingerprint density at radius 2 is 1.76 bits per heavy atom. The number of likely N-dealkylation sites (tertiary alicyclic amines) is 1. The van der Waals surface area contributed by atoms with E-state index in [-0.39, 0.29) is 21.4 Å². The van der Waals surface area contributed by atoms with Crippen molar-refractivity contribution in [2.45, 2.75) is 23.8 Å². The average Bonchev–Trinajstić information content (AvgIpc) is 3.27. The molecule has 0 aromatic heterocycles. The minimum atomic E-state index is -4.21. The van der Waals surface area contributed by atoms with E-state index in [1.54, 1.807) is 35.2 Å². The lowest BCUT2D eigenvalue weighted by Crippen LogP contribution is -2.41. The Labute approximate surface area is 174 Å². The number of hydrogen-bond donors (Lipinski definition) is 1. The summed E-state index contributed by atoms with van der Waals surface area (Å²) in [6.45, 7) is 1.17.